The summed E-state index contributed by atoms with van der Waals surface area (Å²) in [6.45, 7) is 5.01. The van der Waals surface area contributed by atoms with E-state index in [9.17, 15) is 8.42 Å². The van der Waals surface area contributed by atoms with Gasteiger partial charge >= 0.3 is 0 Å². The Bertz CT molecular complexity index is 1010. The van der Waals surface area contributed by atoms with Gasteiger partial charge in [-0.15, -0.1) is 0 Å². The number of anilines is 1. The van der Waals surface area contributed by atoms with Crippen LogP contribution in [0.2, 0.25) is 10.0 Å². The van der Waals surface area contributed by atoms with Gasteiger partial charge in [-0.2, -0.15) is 4.31 Å². The van der Waals surface area contributed by atoms with Crippen LogP contribution in [-0.2, 0) is 27.7 Å². The second-order valence-corrected chi connectivity index (χ2v) is 9.58. The van der Waals surface area contributed by atoms with Crippen molar-refractivity contribution in [3.05, 3.63) is 45.2 Å². The molecule has 28 heavy (non-hydrogen) atoms. The molecule has 10 heteroatoms. The highest BCUT2D eigenvalue weighted by Gasteiger charge is 2.31. The van der Waals surface area contributed by atoms with Gasteiger partial charge in [0, 0.05) is 30.9 Å². The lowest BCUT2D eigenvalue weighted by atomic mass is 10.1. The van der Waals surface area contributed by atoms with Crippen molar-refractivity contribution in [3.63, 3.8) is 0 Å². The number of ether oxygens (including phenoxy) is 1. The molecule has 1 aromatic carbocycles. The highest BCUT2D eigenvalue weighted by Crippen LogP contribution is 2.32. The number of nitrogens with zero attached hydrogens (tertiary/aromatic N) is 4. The van der Waals surface area contributed by atoms with Crippen molar-refractivity contribution in [1.29, 1.82) is 0 Å². The molecule has 4 rings (SSSR count). The first-order valence-electron chi connectivity index (χ1n) is 8.99. The van der Waals surface area contributed by atoms with E-state index < -0.39 is 10.0 Å². The number of benzene rings is 1. The number of sulfonamides is 1. The summed E-state index contributed by atoms with van der Waals surface area (Å²) in [6.07, 6.45) is 2.36. The van der Waals surface area contributed by atoms with Crippen LogP contribution in [0.1, 0.15) is 16.8 Å². The normalized spacial score (nSPS) is 18.2. The highest BCUT2D eigenvalue weighted by atomic mass is 35.5. The predicted molar refractivity (Wildman–Crippen MR) is 108 cm³/mol. The molecular weight excluding hydrogens is 423 g/mol. The minimum atomic E-state index is -3.76. The maximum Gasteiger partial charge on any atom is 0.244 e. The zero-order chi connectivity index (χ0) is 19.9. The Morgan fingerprint density at radius 3 is 2.61 bits per heavy atom. The zero-order valence-electron chi connectivity index (χ0n) is 15.4. The van der Waals surface area contributed by atoms with Crippen molar-refractivity contribution in [2.75, 3.05) is 37.7 Å². The summed E-state index contributed by atoms with van der Waals surface area (Å²) >= 11 is 12.3. The average molecular weight is 443 g/mol. The largest absolute Gasteiger partial charge is 0.378 e. The summed E-state index contributed by atoms with van der Waals surface area (Å²) < 4.78 is 33.2. The fourth-order valence-corrected chi connectivity index (χ4v) is 5.57. The molecule has 7 nitrogen and oxygen atoms in total. The van der Waals surface area contributed by atoms with E-state index in [4.69, 9.17) is 27.9 Å². The van der Waals surface area contributed by atoms with Gasteiger partial charge in [-0.05, 0) is 36.6 Å². The molecule has 0 unspecified atom stereocenters. The molecule has 2 aliphatic rings. The predicted octanol–water partition coefficient (Wildman–Crippen LogP) is 2.68. The summed E-state index contributed by atoms with van der Waals surface area (Å²) in [5, 5.41) is 0.564. The molecular formula is C18H20Cl2N4O3S. The Morgan fingerprint density at radius 2 is 1.86 bits per heavy atom. The molecule has 0 amide bonds. The quantitative estimate of drug-likeness (QED) is 0.726. The molecule has 0 radical (unpaired) electrons. The number of hydrogen-bond acceptors (Lipinski definition) is 6. The summed E-state index contributed by atoms with van der Waals surface area (Å²) in [4.78, 5) is 11.2. The van der Waals surface area contributed by atoms with Gasteiger partial charge < -0.3 is 9.64 Å². The van der Waals surface area contributed by atoms with Gasteiger partial charge in [0.05, 0.1) is 30.5 Å². The van der Waals surface area contributed by atoms with E-state index in [2.05, 4.69) is 14.9 Å². The van der Waals surface area contributed by atoms with Gasteiger partial charge in [-0.25, -0.2) is 18.4 Å². The van der Waals surface area contributed by atoms with Crippen molar-refractivity contribution >= 4 is 39.2 Å². The third-order valence-electron chi connectivity index (χ3n) is 5.02. The van der Waals surface area contributed by atoms with Gasteiger partial charge in [0.15, 0.2) is 0 Å². The molecule has 0 spiro atoms. The molecule has 2 aromatic rings. The van der Waals surface area contributed by atoms with E-state index in [1.807, 2.05) is 0 Å². The lowest BCUT2D eigenvalue weighted by Crippen LogP contribution is -2.39. The van der Waals surface area contributed by atoms with Gasteiger partial charge in [-0.3, -0.25) is 0 Å². The number of aryl methyl sites for hydroxylation is 1. The molecule has 0 bridgehead atoms. The topological polar surface area (TPSA) is 75.6 Å². The van der Waals surface area contributed by atoms with Crippen molar-refractivity contribution in [3.8, 4) is 0 Å². The number of rotatable bonds is 3. The standard InChI is InChI=1S/C18H20Cl2N4O3S/c1-12-8-17(15(20)9-14(12)19)28(25,26)24-3-2-13-10-21-18(22-16(13)11-24)23-4-6-27-7-5-23/h8-10H,2-7,11H2,1H3. The Balaban J connectivity index is 1.63. The number of fused-ring (bicyclic) bond motifs is 1. The van der Waals surface area contributed by atoms with Crippen LogP contribution in [0.5, 0.6) is 0 Å². The molecule has 2 aliphatic heterocycles. The minimum absolute atomic E-state index is 0.0713. The first-order chi connectivity index (χ1) is 13.4. The number of halogens is 2. The van der Waals surface area contributed by atoms with Crippen LogP contribution in [0, 0.1) is 6.92 Å². The molecule has 0 saturated carbocycles. The molecule has 0 aliphatic carbocycles. The van der Waals surface area contributed by atoms with Crippen LogP contribution in [0.25, 0.3) is 0 Å². The lowest BCUT2D eigenvalue weighted by molar-refractivity contribution is 0.122. The van der Waals surface area contributed by atoms with Crippen LogP contribution >= 0.6 is 23.2 Å². The van der Waals surface area contributed by atoms with Gasteiger partial charge in [0.25, 0.3) is 0 Å². The number of hydrogen-bond donors (Lipinski definition) is 0. The Morgan fingerprint density at radius 1 is 1.11 bits per heavy atom. The first kappa shape index (κ1) is 19.8. The Kier molecular flexibility index (Phi) is 5.50. The SMILES string of the molecule is Cc1cc(S(=O)(=O)N2CCc3cnc(N4CCOCC4)nc3C2)c(Cl)cc1Cl. The van der Waals surface area contributed by atoms with E-state index in [0.717, 1.165) is 24.3 Å². The molecule has 0 N–H and O–H groups in total. The second kappa shape index (κ2) is 7.76. The summed E-state index contributed by atoms with van der Waals surface area (Å²) in [6, 6.07) is 3.00. The summed E-state index contributed by atoms with van der Waals surface area (Å²) in [5.41, 5.74) is 2.37. The monoisotopic (exact) mass is 442 g/mol. The average Bonchev–Trinajstić information content (AvgIpc) is 2.70. The van der Waals surface area contributed by atoms with Gasteiger partial charge in [-0.1, -0.05) is 23.2 Å². The van der Waals surface area contributed by atoms with E-state index >= 15 is 0 Å². The smallest absolute Gasteiger partial charge is 0.244 e. The van der Waals surface area contributed by atoms with Crippen molar-refractivity contribution in [1.82, 2.24) is 14.3 Å². The summed E-state index contributed by atoms with van der Waals surface area (Å²) in [7, 11) is -3.76. The third-order valence-corrected chi connectivity index (χ3v) is 7.74. The maximum atomic E-state index is 13.2. The summed E-state index contributed by atoms with van der Waals surface area (Å²) in [5.74, 6) is 0.613. The molecule has 1 aromatic heterocycles. The van der Waals surface area contributed by atoms with E-state index in [1.54, 1.807) is 13.1 Å². The van der Waals surface area contributed by atoms with Crippen LogP contribution in [0.3, 0.4) is 0 Å². The van der Waals surface area contributed by atoms with Crippen LogP contribution in [0.4, 0.5) is 5.95 Å². The zero-order valence-corrected chi connectivity index (χ0v) is 17.7. The molecule has 0 atom stereocenters. The molecule has 3 heterocycles. The fourth-order valence-electron chi connectivity index (χ4n) is 3.36. The Labute approximate surface area is 174 Å². The number of aromatic nitrogens is 2. The van der Waals surface area contributed by atoms with Crippen molar-refractivity contribution < 1.29 is 13.2 Å². The van der Waals surface area contributed by atoms with Crippen molar-refractivity contribution in [2.24, 2.45) is 0 Å². The minimum Gasteiger partial charge on any atom is -0.378 e. The fraction of sp³-hybridized carbons (Fsp3) is 0.444. The van der Waals surface area contributed by atoms with E-state index in [0.29, 0.717) is 42.7 Å². The van der Waals surface area contributed by atoms with Crippen molar-refractivity contribution in [2.45, 2.75) is 24.8 Å². The van der Waals surface area contributed by atoms with Gasteiger partial charge in [0.1, 0.15) is 4.90 Å². The molecule has 150 valence electrons. The van der Waals surface area contributed by atoms with E-state index in [1.165, 1.54) is 16.4 Å². The third kappa shape index (κ3) is 3.71. The second-order valence-electron chi connectivity index (χ2n) is 6.86. The Hall–Kier alpha value is -1.45. The van der Waals surface area contributed by atoms with Crippen LogP contribution < -0.4 is 4.90 Å². The van der Waals surface area contributed by atoms with Gasteiger partial charge in [0.2, 0.25) is 16.0 Å². The van der Waals surface area contributed by atoms with Crippen LogP contribution in [-0.4, -0.2) is 55.5 Å². The van der Waals surface area contributed by atoms with Crippen LogP contribution in [0.15, 0.2) is 23.2 Å². The van der Waals surface area contributed by atoms with E-state index in [-0.39, 0.29) is 16.5 Å². The lowest BCUT2D eigenvalue weighted by Gasteiger charge is -2.30. The molecule has 1 fully saturated rings. The first-order valence-corrected chi connectivity index (χ1v) is 11.2. The number of morpholine rings is 1. The molecule has 1 saturated heterocycles. The maximum absolute atomic E-state index is 13.2. The highest BCUT2D eigenvalue weighted by molar-refractivity contribution is 7.89.